The molecule has 0 bridgehead atoms. The first-order valence-electron chi connectivity index (χ1n) is 6.73. The molecule has 1 aliphatic rings. The van der Waals surface area contributed by atoms with Gasteiger partial charge in [0.05, 0.1) is 11.6 Å². The Balaban J connectivity index is 1.99. The zero-order valence-corrected chi connectivity index (χ0v) is 11.7. The zero-order valence-electron chi connectivity index (χ0n) is 10.9. The number of rotatable bonds is 3. The molecule has 0 aliphatic heterocycles. The van der Waals surface area contributed by atoms with Gasteiger partial charge < -0.3 is 0 Å². The summed E-state index contributed by atoms with van der Waals surface area (Å²) in [5.74, 6) is 0. The molecular formula is C16H17ClN2. The fourth-order valence-corrected chi connectivity index (χ4v) is 2.93. The van der Waals surface area contributed by atoms with Crippen molar-refractivity contribution in [1.82, 2.24) is 9.78 Å². The van der Waals surface area contributed by atoms with Gasteiger partial charge in [0.25, 0.3) is 0 Å². The minimum absolute atomic E-state index is 0.560. The number of hydrogen-bond acceptors (Lipinski definition) is 1. The summed E-state index contributed by atoms with van der Waals surface area (Å²) in [6.07, 6.45) is 4.63. The summed E-state index contributed by atoms with van der Waals surface area (Å²) in [6.45, 7) is 4.66. The average molecular weight is 273 g/mol. The van der Waals surface area contributed by atoms with Gasteiger partial charge in [-0.05, 0) is 31.2 Å². The van der Waals surface area contributed by atoms with E-state index < -0.39 is 0 Å². The molecule has 98 valence electrons. The normalized spacial score (nSPS) is 14.2. The maximum absolute atomic E-state index is 6.09. The third kappa shape index (κ3) is 2.45. The number of fused-ring (bicyclic) bond motifs is 1. The van der Waals surface area contributed by atoms with E-state index in [4.69, 9.17) is 11.6 Å². The quantitative estimate of drug-likeness (QED) is 0.825. The number of benzene rings is 1. The van der Waals surface area contributed by atoms with Gasteiger partial charge >= 0.3 is 0 Å². The Bertz CT molecular complexity index is 599. The average Bonchev–Trinajstić information content (AvgIpc) is 2.79. The fraction of sp³-hybridized carbons (Fsp3) is 0.312. The van der Waals surface area contributed by atoms with E-state index in [1.165, 1.54) is 29.7 Å². The van der Waals surface area contributed by atoms with Crippen LogP contribution in [0.25, 0.3) is 5.03 Å². The summed E-state index contributed by atoms with van der Waals surface area (Å²) in [6, 6.07) is 10.4. The maximum atomic E-state index is 6.09. The number of hydrogen-bond donors (Lipinski definition) is 0. The smallest absolute Gasteiger partial charge is 0.107 e. The highest BCUT2D eigenvalue weighted by molar-refractivity contribution is 6.48. The Morgan fingerprint density at radius 2 is 1.95 bits per heavy atom. The van der Waals surface area contributed by atoms with Gasteiger partial charge in [0.15, 0.2) is 0 Å². The van der Waals surface area contributed by atoms with E-state index in [1.807, 2.05) is 6.07 Å². The Morgan fingerprint density at radius 1 is 1.21 bits per heavy atom. The van der Waals surface area contributed by atoms with Gasteiger partial charge in [-0.15, -0.1) is 0 Å². The van der Waals surface area contributed by atoms with Crippen LogP contribution in [0.15, 0.2) is 36.9 Å². The highest BCUT2D eigenvalue weighted by atomic mass is 35.5. The summed E-state index contributed by atoms with van der Waals surface area (Å²) >= 11 is 6.09. The van der Waals surface area contributed by atoms with E-state index in [0.717, 1.165) is 25.1 Å². The SMILES string of the molecule is C=C(Cl)c1nn(Cc2ccccc2)c2c1CCCC2. The molecule has 0 amide bonds. The highest BCUT2D eigenvalue weighted by Gasteiger charge is 2.21. The molecule has 2 aromatic rings. The Hall–Kier alpha value is -1.54. The van der Waals surface area contributed by atoms with Gasteiger partial charge in [-0.2, -0.15) is 5.10 Å². The lowest BCUT2D eigenvalue weighted by atomic mass is 9.95. The Morgan fingerprint density at radius 3 is 2.68 bits per heavy atom. The highest BCUT2D eigenvalue weighted by Crippen LogP contribution is 2.29. The van der Waals surface area contributed by atoms with Gasteiger partial charge in [-0.1, -0.05) is 48.5 Å². The van der Waals surface area contributed by atoms with Crippen LogP contribution in [-0.2, 0) is 19.4 Å². The molecule has 1 aliphatic carbocycles. The van der Waals surface area contributed by atoms with Crippen molar-refractivity contribution in [2.24, 2.45) is 0 Å². The van der Waals surface area contributed by atoms with E-state index >= 15 is 0 Å². The standard InChI is InChI=1S/C16H17ClN2/c1-12(17)16-14-9-5-6-10-15(14)19(18-16)11-13-7-3-2-4-8-13/h2-4,7-8H,1,5-6,9-11H2. The molecule has 0 spiro atoms. The molecule has 0 atom stereocenters. The monoisotopic (exact) mass is 272 g/mol. The predicted molar refractivity (Wildman–Crippen MR) is 79.3 cm³/mol. The molecule has 1 aromatic carbocycles. The van der Waals surface area contributed by atoms with Crippen LogP contribution in [0.1, 0.15) is 35.4 Å². The van der Waals surface area contributed by atoms with Crippen molar-refractivity contribution in [3.8, 4) is 0 Å². The molecule has 2 nitrogen and oxygen atoms in total. The maximum Gasteiger partial charge on any atom is 0.107 e. The Labute approximate surface area is 118 Å². The van der Waals surface area contributed by atoms with E-state index in [2.05, 4.69) is 40.6 Å². The lowest BCUT2D eigenvalue weighted by Gasteiger charge is -2.14. The minimum Gasteiger partial charge on any atom is -0.264 e. The summed E-state index contributed by atoms with van der Waals surface area (Å²) in [4.78, 5) is 0. The van der Waals surface area contributed by atoms with Crippen LogP contribution in [0.5, 0.6) is 0 Å². The molecule has 3 heteroatoms. The minimum atomic E-state index is 0.560. The van der Waals surface area contributed by atoms with Crippen molar-refractivity contribution < 1.29 is 0 Å². The molecule has 19 heavy (non-hydrogen) atoms. The molecule has 0 fully saturated rings. The third-order valence-electron chi connectivity index (χ3n) is 3.69. The number of aromatic nitrogens is 2. The second-order valence-corrected chi connectivity index (χ2v) is 5.49. The van der Waals surface area contributed by atoms with E-state index in [-0.39, 0.29) is 0 Å². The predicted octanol–water partition coefficient (Wildman–Crippen LogP) is 4.02. The first-order valence-corrected chi connectivity index (χ1v) is 7.11. The number of halogens is 1. The topological polar surface area (TPSA) is 17.8 Å². The molecule has 1 heterocycles. The molecule has 0 unspecified atom stereocenters. The fourth-order valence-electron chi connectivity index (χ4n) is 2.78. The molecular weight excluding hydrogens is 256 g/mol. The summed E-state index contributed by atoms with van der Waals surface area (Å²) in [5, 5.41) is 5.23. The summed E-state index contributed by atoms with van der Waals surface area (Å²) < 4.78 is 2.10. The van der Waals surface area contributed by atoms with E-state index in [1.54, 1.807) is 0 Å². The van der Waals surface area contributed by atoms with Crippen LogP contribution in [-0.4, -0.2) is 9.78 Å². The first kappa shape index (κ1) is 12.5. The molecule has 0 saturated carbocycles. The van der Waals surface area contributed by atoms with Crippen molar-refractivity contribution in [2.75, 3.05) is 0 Å². The number of nitrogens with zero attached hydrogens (tertiary/aromatic N) is 2. The second-order valence-electron chi connectivity index (χ2n) is 5.03. The molecule has 0 N–H and O–H groups in total. The van der Waals surface area contributed by atoms with Crippen LogP contribution in [0, 0.1) is 0 Å². The van der Waals surface area contributed by atoms with Crippen molar-refractivity contribution in [2.45, 2.75) is 32.2 Å². The van der Waals surface area contributed by atoms with Crippen LogP contribution in [0.2, 0.25) is 0 Å². The van der Waals surface area contributed by atoms with Crippen LogP contribution in [0.4, 0.5) is 0 Å². The Kier molecular flexibility index (Phi) is 3.43. The van der Waals surface area contributed by atoms with Gasteiger partial charge in [0.1, 0.15) is 5.69 Å². The van der Waals surface area contributed by atoms with Crippen LogP contribution >= 0.6 is 11.6 Å². The van der Waals surface area contributed by atoms with Crippen molar-refractivity contribution >= 4 is 16.6 Å². The molecule has 3 rings (SSSR count). The second kappa shape index (κ2) is 5.22. The molecule has 0 radical (unpaired) electrons. The zero-order chi connectivity index (χ0) is 13.2. The van der Waals surface area contributed by atoms with Crippen molar-refractivity contribution in [3.05, 3.63) is 59.4 Å². The molecule has 0 saturated heterocycles. The van der Waals surface area contributed by atoms with Gasteiger partial charge in [-0.3, -0.25) is 4.68 Å². The van der Waals surface area contributed by atoms with Crippen molar-refractivity contribution in [3.63, 3.8) is 0 Å². The van der Waals surface area contributed by atoms with Gasteiger partial charge in [0, 0.05) is 11.3 Å². The lowest BCUT2D eigenvalue weighted by molar-refractivity contribution is 0.595. The molecule has 1 aromatic heterocycles. The summed E-state index contributed by atoms with van der Waals surface area (Å²) in [5.41, 5.74) is 4.81. The summed E-state index contributed by atoms with van der Waals surface area (Å²) in [7, 11) is 0. The van der Waals surface area contributed by atoms with Gasteiger partial charge in [0.2, 0.25) is 0 Å². The van der Waals surface area contributed by atoms with Crippen molar-refractivity contribution in [1.29, 1.82) is 0 Å². The van der Waals surface area contributed by atoms with Crippen LogP contribution < -0.4 is 0 Å². The van der Waals surface area contributed by atoms with Crippen LogP contribution in [0.3, 0.4) is 0 Å². The van der Waals surface area contributed by atoms with E-state index in [0.29, 0.717) is 5.03 Å². The van der Waals surface area contributed by atoms with E-state index in [9.17, 15) is 0 Å². The largest absolute Gasteiger partial charge is 0.264 e. The first-order chi connectivity index (χ1) is 9.25. The lowest BCUT2D eigenvalue weighted by Crippen LogP contribution is -2.10. The van der Waals surface area contributed by atoms with Gasteiger partial charge in [-0.25, -0.2) is 0 Å². The third-order valence-corrected chi connectivity index (χ3v) is 3.87.